The van der Waals surface area contributed by atoms with Gasteiger partial charge < -0.3 is 5.73 Å². The molecule has 1 fully saturated rings. The minimum absolute atomic E-state index is 0.627. The minimum Gasteiger partial charge on any atom is -0.329 e. The highest BCUT2D eigenvalue weighted by Crippen LogP contribution is 2.23. The lowest BCUT2D eigenvalue weighted by Gasteiger charge is -2.25. The summed E-state index contributed by atoms with van der Waals surface area (Å²) in [4.78, 5) is 2.59. The Morgan fingerprint density at radius 1 is 1.22 bits per heavy atom. The summed E-state index contributed by atoms with van der Waals surface area (Å²) in [5.74, 6) is 0.782. The molecule has 0 aliphatic carbocycles. The highest BCUT2D eigenvalue weighted by atomic mass is 15.2. The van der Waals surface area contributed by atoms with Crippen LogP contribution >= 0.6 is 0 Å². The third kappa shape index (κ3) is 3.56. The molecule has 1 aromatic rings. The van der Waals surface area contributed by atoms with Gasteiger partial charge >= 0.3 is 0 Å². The summed E-state index contributed by atoms with van der Waals surface area (Å²) >= 11 is 0. The van der Waals surface area contributed by atoms with Crippen molar-refractivity contribution in [1.29, 1.82) is 0 Å². The van der Waals surface area contributed by atoms with E-state index in [0.29, 0.717) is 6.04 Å². The molecule has 2 rings (SSSR count). The van der Waals surface area contributed by atoms with Crippen molar-refractivity contribution in [3.8, 4) is 0 Å². The molecule has 1 heterocycles. The van der Waals surface area contributed by atoms with Crippen LogP contribution in [0.3, 0.4) is 0 Å². The first-order chi connectivity index (χ1) is 8.81. The molecule has 100 valence electrons. The van der Waals surface area contributed by atoms with Gasteiger partial charge in [0.25, 0.3) is 0 Å². The van der Waals surface area contributed by atoms with Crippen LogP contribution in [0.5, 0.6) is 0 Å². The molecule has 2 heteroatoms. The molecule has 1 aromatic carbocycles. The van der Waals surface area contributed by atoms with Crippen LogP contribution in [0.4, 0.5) is 0 Å². The number of hydrogen-bond acceptors (Lipinski definition) is 2. The predicted octanol–water partition coefficient (Wildman–Crippen LogP) is 2.68. The van der Waals surface area contributed by atoms with E-state index >= 15 is 0 Å². The Morgan fingerprint density at radius 2 is 2.00 bits per heavy atom. The smallest absolute Gasteiger partial charge is 0.0244 e. The summed E-state index contributed by atoms with van der Waals surface area (Å²) in [6, 6.07) is 11.4. The lowest BCUT2D eigenvalue weighted by molar-refractivity contribution is 0.232. The molecule has 0 saturated carbocycles. The Kier molecular flexibility index (Phi) is 5.21. The summed E-state index contributed by atoms with van der Waals surface area (Å²) in [6.45, 7) is 5.62. The number of unbranched alkanes of at least 4 members (excludes halogenated alkanes) is 1. The highest BCUT2D eigenvalue weighted by molar-refractivity contribution is 5.14. The summed E-state index contributed by atoms with van der Waals surface area (Å²) in [6.07, 6.45) is 5.10. The molecule has 2 unspecified atom stereocenters. The second-order valence-corrected chi connectivity index (χ2v) is 5.55. The first kappa shape index (κ1) is 13.6. The Labute approximate surface area is 111 Å². The van der Waals surface area contributed by atoms with Crippen LogP contribution in [0, 0.1) is 5.92 Å². The van der Waals surface area contributed by atoms with Crippen LogP contribution in [0.15, 0.2) is 30.3 Å². The SMILES string of the molecule is CC1CCN(CCCCc2ccccc2)C1CN. The Hall–Kier alpha value is -0.860. The Morgan fingerprint density at radius 3 is 2.72 bits per heavy atom. The fraction of sp³-hybridized carbons (Fsp3) is 0.625. The molecule has 1 saturated heterocycles. The van der Waals surface area contributed by atoms with E-state index in [4.69, 9.17) is 5.73 Å². The molecule has 0 amide bonds. The van der Waals surface area contributed by atoms with Gasteiger partial charge in [0.2, 0.25) is 0 Å². The van der Waals surface area contributed by atoms with E-state index in [1.165, 1.54) is 44.3 Å². The van der Waals surface area contributed by atoms with E-state index in [1.807, 2.05) is 0 Å². The van der Waals surface area contributed by atoms with Crippen LogP contribution in [0.1, 0.15) is 31.7 Å². The molecule has 2 N–H and O–H groups in total. The van der Waals surface area contributed by atoms with Gasteiger partial charge in [-0.3, -0.25) is 4.90 Å². The van der Waals surface area contributed by atoms with Crippen LogP contribution < -0.4 is 5.73 Å². The average Bonchev–Trinajstić information content (AvgIpc) is 2.76. The third-order valence-electron chi connectivity index (χ3n) is 4.24. The standard InChI is InChI=1S/C16H26N2/c1-14-10-12-18(16(14)13-17)11-6-5-9-15-7-3-2-4-8-15/h2-4,7-8,14,16H,5-6,9-13,17H2,1H3. The summed E-state index contributed by atoms with van der Waals surface area (Å²) in [7, 11) is 0. The highest BCUT2D eigenvalue weighted by Gasteiger charge is 2.28. The van der Waals surface area contributed by atoms with Crippen LogP contribution in [0.2, 0.25) is 0 Å². The Balaban J connectivity index is 1.67. The van der Waals surface area contributed by atoms with Crippen molar-refractivity contribution < 1.29 is 0 Å². The first-order valence-electron chi connectivity index (χ1n) is 7.29. The number of nitrogens with zero attached hydrogens (tertiary/aromatic N) is 1. The lowest BCUT2D eigenvalue weighted by atomic mass is 10.0. The quantitative estimate of drug-likeness (QED) is 0.782. The van der Waals surface area contributed by atoms with Crippen molar-refractivity contribution in [2.75, 3.05) is 19.6 Å². The van der Waals surface area contributed by atoms with E-state index < -0.39 is 0 Å². The maximum Gasteiger partial charge on any atom is 0.0244 e. The molecular weight excluding hydrogens is 220 g/mol. The van der Waals surface area contributed by atoms with Gasteiger partial charge in [0.1, 0.15) is 0 Å². The maximum atomic E-state index is 5.87. The number of aryl methyl sites for hydroxylation is 1. The van der Waals surface area contributed by atoms with E-state index in [1.54, 1.807) is 0 Å². The molecule has 0 spiro atoms. The van der Waals surface area contributed by atoms with Crippen molar-refractivity contribution in [2.45, 2.75) is 38.6 Å². The van der Waals surface area contributed by atoms with Gasteiger partial charge in [0.15, 0.2) is 0 Å². The van der Waals surface area contributed by atoms with Gasteiger partial charge in [0.05, 0.1) is 0 Å². The van der Waals surface area contributed by atoms with Gasteiger partial charge in [0, 0.05) is 12.6 Å². The van der Waals surface area contributed by atoms with Crippen molar-refractivity contribution in [3.05, 3.63) is 35.9 Å². The fourth-order valence-electron chi connectivity index (χ4n) is 3.04. The molecule has 0 radical (unpaired) electrons. The monoisotopic (exact) mass is 246 g/mol. The maximum absolute atomic E-state index is 5.87. The zero-order chi connectivity index (χ0) is 12.8. The summed E-state index contributed by atoms with van der Waals surface area (Å²) in [5.41, 5.74) is 7.33. The van der Waals surface area contributed by atoms with Crippen LogP contribution in [-0.2, 0) is 6.42 Å². The molecule has 18 heavy (non-hydrogen) atoms. The average molecular weight is 246 g/mol. The van der Waals surface area contributed by atoms with Crippen molar-refractivity contribution >= 4 is 0 Å². The number of rotatable bonds is 6. The lowest BCUT2D eigenvalue weighted by Crippen LogP contribution is -2.38. The first-order valence-corrected chi connectivity index (χ1v) is 7.29. The van der Waals surface area contributed by atoms with Gasteiger partial charge in [-0.25, -0.2) is 0 Å². The predicted molar refractivity (Wildman–Crippen MR) is 77.6 cm³/mol. The number of hydrogen-bond donors (Lipinski definition) is 1. The molecule has 2 atom stereocenters. The van der Waals surface area contributed by atoms with Crippen LogP contribution in [0.25, 0.3) is 0 Å². The van der Waals surface area contributed by atoms with Gasteiger partial charge in [-0.2, -0.15) is 0 Å². The molecule has 1 aliphatic heterocycles. The Bertz CT molecular complexity index is 336. The second kappa shape index (κ2) is 6.91. The normalized spacial score (nSPS) is 24.6. The third-order valence-corrected chi connectivity index (χ3v) is 4.24. The molecule has 2 nitrogen and oxygen atoms in total. The second-order valence-electron chi connectivity index (χ2n) is 5.55. The summed E-state index contributed by atoms with van der Waals surface area (Å²) in [5, 5.41) is 0. The number of likely N-dealkylation sites (tertiary alicyclic amines) is 1. The number of nitrogens with two attached hydrogens (primary N) is 1. The van der Waals surface area contributed by atoms with Crippen molar-refractivity contribution in [1.82, 2.24) is 4.90 Å². The zero-order valence-corrected chi connectivity index (χ0v) is 11.5. The fourth-order valence-corrected chi connectivity index (χ4v) is 3.04. The van der Waals surface area contributed by atoms with Gasteiger partial charge in [-0.1, -0.05) is 37.3 Å². The van der Waals surface area contributed by atoms with E-state index in [0.717, 1.165) is 12.5 Å². The van der Waals surface area contributed by atoms with Crippen molar-refractivity contribution in [3.63, 3.8) is 0 Å². The van der Waals surface area contributed by atoms with E-state index in [-0.39, 0.29) is 0 Å². The van der Waals surface area contributed by atoms with E-state index in [9.17, 15) is 0 Å². The topological polar surface area (TPSA) is 29.3 Å². The van der Waals surface area contributed by atoms with E-state index in [2.05, 4.69) is 42.2 Å². The zero-order valence-electron chi connectivity index (χ0n) is 11.5. The van der Waals surface area contributed by atoms with Gasteiger partial charge in [-0.05, 0) is 50.3 Å². The largest absolute Gasteiger partial charge is 0.329 e. The molecule has 0 bridgehead atoms. The molecule has 0 aromatic heterocycles. The molecular formula is C16H26N2. The number of benzene rings is 1. The van der Waals surface area contributed by atoms with Crippen molar-refractivity contribution in [2.24, 2.45) is 11.7 Å². The van der Waals surface area contributed by atoms with Crippen LogP contribution in [-0.4, -0.2) is 30.6 Å². The summed E-state index contributed by atoms with van der Waals surface area (Å²) < 4.78 is 0. The minimum atomic E-state index is 0.627. The molecule has 1 aliphatic rings. The van der Waals surface area contributed by atoms with Gasteiger partial charge in [-0.15, -0.1) is 0 Å².